The molecule has 1 aliphatic heterocycles. The second kappa shape index (κ2) is 7.37. The zero-order valence-corrected chi connectivity index (χ0v) is 14.9. The largest absolute Gasteiger partial charge is 0.390 e. The minimum Gasteiger partial charge on any atom is -0.390 e. The van der Waals surface area contributed by atoms with Crippen LogP contribution in [-0.2, 0) is 11.3 Å². The van der Waals surface area contributed by atoms with E-state index in [0.717, 1.165) is 11.0 Å². The summed E-state index contributed by atoms with van der Waals surface area (Å²) in [6.07, 6.45) is 0.754. The molecule has 3 aromatic rings. The number of fused-ring (bicyclic) bond motifs is 3. The number of para-hydroxylation sites is 2. The maximum atomic E-state index is 10.6. The number of aromatic nitrogens is 1. The number of nitrogens with one attached hydrogen (secondary N) is 1. The molecule has 0 radical (unpaired) electrons. The van der Waals surface area contributed by atoms with E-state index in [9.17, 15) is 10.2 Å². The molecule has 2 aromatic carbocycles. The number of ether oxygens (including phenoxy) is 1. The van der Waals surface area contributed by atoms with Crippen molar-refractivity contribution < 1.29 is 14.9 Å². The molecule has 0 bridgehead atoms. The Morgan fingerprint density at radius 2 is 1.58 bits per heavy atom. The predicted molar refractivity (Wildman–Crippen MR) is 103 cm³/mol. The van der Waals surface area contributed by atoms with Crippen molar-refractivity contribution in [2.45, 2.75) is 31.1 Å². The number of hydrogen-bond acceptors (Lipinski definition) is 4. The van der Waals surface area contributed by atoms with Crippen LogP contribution in [0.2, 0.25) is 0 Å². The highest BCUT2D eigenvalue weighted by Gasteiger charge is 2.29. The third-order valence-corrected chi connectivity index (χ3v) is 5.33. The van der Waals surface area contributed by atoms with E-state index in [1.54, 1.807) is 0 Å². The van der Waals surface area contributed by atoms with Gasteiger partial charge in [-0.15, -0.1) is 0 Å². The maximum absolute atomic E-state index is 10.6. The zero-order valence-electron chi connectivity index (χ0n) is 14.9. The minimum absolute atomic E-state index is 0.448. The van der Waals surface area contributed by atoms with E-state index in [1.165, 1.54) is 10.8 Å². The van der Waals surface area contributed by atoms with E-state index in [4.69, 9.17) is 4.74 Å². The van der Waals surface area contributed by atoms with Crippen molar-refractivity contribution in [1.29, 1.82) is 0 Å². The lowest BCUT2D eigenvalue weighted by Crippen LogP contribution is -2.46. The van der Waals surface area contributed by atoms with Crippen LogP contribution in [0.15, 0.2) is 48.5 Å². The van der Waals surface area contributed by atoms with Gasteiger partial charge in [0.2, 0.25) is 0 Å². The Kier molecular flexibility index (Phi) is 4.96. The first-order valence-corrected chi connectivity index (χ1v) is 9.31. The predicted octanol–water partition coefficient (Wildman–Crippen LogP) is 2.29. The van der Waals surface area contributed by atoms with E-state index >= 15 is 0 Å². The Bertz CT molecular complexity index is 830. The Morgan fingerprint density at radius 3 is 2.19 bits per heavy atom. The lowest BCUT2D eigenvalue weighted by Gasteiger charge is -2.32. The summed E-state index contributed by atoms with van der Waals surface area (Å²) < 4.78 is 7.48. The van der Waals surface area contributed by atoms with Crippen molar-refractivity contribution in [3.63, 3.8) is 0 Å². The van der Waals surface area contributed by atoms with Crippen molar-refractivity contribution in [2.75, 3.05) is 26.3 Å². The molecular weight excluding hydrogens is 328 g/mol. The molecule has 5 heteroatoms. The molecule has 5 nitrogen and oxygen atoms in total. The number of nitrogens with zero attached hydrogens (tertiary/aromatic N) is 1. The summed E-state index contributed by atoms with van der Waals surface area (Å²) in [6, 6.07) is 16.6. The minimum atomic E-state index is -0.717. The van der Waals surface area contributed by atoms with Crippen molar-refractivity contribution in [3.8, 4) is 0 Å². The highest BCUT2D eigenvalue weighted by atomic mass is 16.5. The van der Waals surface area contributed by atoms with Gasteiger partial charge in [-0.05, 0) is 12.1 Å². The van der Waals surface area contributed by atoms with Crippen molar-refractivity contribution in [2.24, 2.45) is 0 Å². The van der Waals surface area contributed by atoms with Crippen LogP contribution < -0.4 is 5.32 Å². The first-order chi connectivity index (χ1) is 12.7. The molecule has 0 amide bonds. The van der Waals surface area contributed by atoms with Gasteiger partial charge in [-0.25, -0.2) is 0 Å². The molecule has 1 aliphatic rings. The molecule has 138 valence electrons. The van der Waals surface area contributed by atoms with Gasteiger partial charge in [-0.1, -0.05) is 36.4 Å². The lowest BCUT2D eigenvalue weighted by atomic mass is 9.94. The van der Waals surface area contributed by atoms with Gasteiger partial charge in [0.15, 0.2) is 0 Å². The average molecular weight is 354 g/mol. The Morgan fingerprint density at radius 1 is 1.00 bits per heavy atom. The van der Waals surface area contributed by atoms with E-state index in [0.29, 0.717) is 45.7 Å². The zero-order chi connectivity index (χ0) is 18.0. The summed E-state index contributed by atoms with van der Waals surface area (Å²) in [6.45, 7) is 2.65. The van der Waals surface area contributed by atoms with Crippen LogP contribution in [-0.4, -0.2) is 52.8 Å². The number of hydrogen-bond donors (Lipinski definition) is 3. The quantitative estimate of drug-likeness (QED) is 0.635. The maximum Gasteiger partial charge on any atom is 0.0843 e. The Labute approximate surface area is 153 Å². The summed E-state index contributed by atoms with van der Waals surface area (Å²) >= 11 is 0. The molecule has 0 spiro atoms. The van der Waals surface area contributed by atoms with Crippen LogP contribution in [0.25, 0.3) is 21.8 Å². The molecule has 0 saturated carbocycles. The van der Waals surface area contributed by atoms with Gasteiger partial charge < -0.3 is 24.8 Å². The highest BCUT2D eigenvalue weighted by Crippen LogP contribution is 2.28. The fraction of sp³-hybridized carbons (Fsp3) is 0.429. The van der Waals surface area contributed by atoms with E-state index in [1.807, 2.05) is 24.3 Å². The summed E-state index contributed by atoms with van der Waals surface area (Å²) in [5, 5.41) is 26.7. The van der Waals surface area contributed by atoms with Gasteiger partial charge in [0.25, 0.3) is 0 Å². The fourth-order valence-electron chi connectivity index (χ4n) is 3.87. The summed E-state index contributed by atoms with van der Waals surface area (Å²) in [7, 11) is 0. The van der Waals surface area contributed by atoms with Crippen LogP contribution in [0.5, 0.6) is 0 Å². The Balaban J connectivity index is 1.46. The molecule has 2 heterocycles. The van der Waals surface area contributed by atoms with E-state index in [2.05, 4.69) is 34.1 Å². The van der Waals surface area contributed by atoms with Crippen LogP contribution in [0.3, 0.4) is 0 Å². The number of benzene rings is 2. The molecule has 0 aliphatic carbocycles. The number of aliphatic hydroxyl groups is 2. The normalized spacial score (nSPS) is 18.4. The van der Waals surface area contributed by atoms with Crippen LogP contribution in [0.4, 0.5) is 0 Å². The topological polar surface area (TPSA) is 66.7 Å². The monoisotopic (exact) mass is 354 g/mol. The van der Waals surface area contributed by atoms with Gasteiger partial charge in [0.1, 0.15) is 0 Å². The van der Waals surface area contributed by atoms with Gasteiger partial charge in [0, 0.05) is 61.0 Å². The van der Waals surface area contributed by atoms with E-state index < -0.39 is 11.7 Å². The average Bonchev–Trinajstić information content (AvgIpc) is 2.97. The summed E-state index contributed by atoms with van der Waals surface area (Å²) in [5.41, 5.74) is 1.55. The standard InChI is InChI=1S/C21H26N2O3/c24-16(13-22-15-21(25)9-11-26-12-10-21)14-23-19-7-3-1-5-17(19)18-6-2-4-8-20(18)23/h1-8,16,22,24-25H,9-15H2. The van der Waals surface area contributed by atoms with Crippen molar-refractivity contribution >= 4 is 21.8 Å². The van der Waals surface area contributed by atoms with Gasteiger partial charge >= 0.3 is 0 Å². The first kappa shape index (κ1) is 17.5. The fourth-order valence-corrected chi connectivity index (χ4v) is 3.87. The Hall–Kier alpha value is -1.92. The van der Waals surface area contributed by atoms with Crippen molar-refractivity contribution in [1.82, 2.24) is 9.88 Å². The van der Waals surface area contributed by atoms with Crippen LogP contribution in [0.1, 0.15) is 12.8 Å². The summed E-state index contributed by atoms with van der Waals surface area (Å²) in [5.74, 6) is 0. The van der Waals surface area contributed by atoms with Crippen molar-refractivity contribution in [3.05, 3.63) is 48.5 Å². The summed E-state index contributed by atoms with van der Waals surface area (Å²) in [4.78, 5) is 0. The number of aliphatic hydroxyl groups excluding tert-OH is 1. The highest BCUT2D eigenvalue weighted by molar-refractivity contribution is 6.07. The van der Waals surface area contributed by atoms with Crippen LogP contribution in [0, 0.1) is 0 Å². The molecule has 1 saturated heterocycles. The number of rotatable bonds is 6. The first-order valence-electron chi connectivity index (χ1n) is 9.31. The third-order valence-electron chi connectivity index (χ3n) is 5.33. The smallest absolute Gasteiger partial charge is 0.0843 e. The molecule has 1 unspecified atom stereocenters. The molecule has 1 fully saturated rings. The molecule has 3 N–H and O–H groups in total. The van der Waals surface area contributed by atoms with E-state index in [-0.39, 0.29) is 0 Å². The molecule has 1 aromatic heterocycles. The SMILES string of the molecule is OC(CNCC1(O)CCOCC1)Cn1c2ccccc2c2ccccc21. The van der Waals surface area contributed by atoms with Crippen LogP contribution >= 0.6 is 0 Å². The second-order valence-corrected chi connectivity index (χ2v) is 7.27. The van der Waals surface area contributed by atoms with Gasteiger partial charge in [-0.2, -0.15) is 0 Å². The van der Waals surface area contributed by atoms with Gasteiger partial charge in [0.05, 0.1) is 18.2 Å². The second-order valence-electron chi connectivity index (χ2n) is 7.27. The van der Waals surface area contributed by atoms with Gasteiger partial charge in [-0.3, -0.25) is 0 Å². The molecule has 4 rings (SSSR count). The molecular formula is C21H26N2O3. The molecule has 26 heavy (non-hydrogen) atoms. The lowest BCUT2D eigenvalue weighted by molar-refractivity contribution is -0.0624. The third kappa shape index (κ3) is 3.48. The molecule has 1 atom stereocenters.